The summed E-state index contributed by atoms with van der Waals surface area (Å²) in [5, 5.41) is 0. The van der Waals surface area contributed by atoms with E-state index in [1.165, 1.54) is 6.26 Å². The molecule has 1 atom stereocenters. The molecule has 4 nitrogen and oxygen atoms in total. The second-order valence-corrected chi connectivity index (χ2v) is 8.65. The van der Waals surface area contributed by atoms with Crippen LogP contribution in [0.1, 0.15) is 40.5 Å². The number of sulfonamides is 1. The molecule has 0 spiro atoms. The highest BCUT2D eigenvalue weighted by molar-refractivity contribution is 7.88. The molecule has 1 saturated heterocycles. The molecule has 0 aromatic heterocycles. The van der Waals surface area contributed by atoms with Crippen molar-refractivity contribution in [1.29, 1.82) is 0 Å². The SMILES string of the molecule is CC(CC(C)(C)C)N1CCCN(S(C)(=O)=O)CC1. The monoisotopic (exact) mass is 276 g/mol. The van der Waals surface area contributed by atoms with Crippen molar-refractivity contribution in [2.75, 3.05) is 32.4 Å². The van der Waals surface area contributed by atoms with Crippen molar-refractivity contribution < 1.29 is 8.42 Å². The summed E-state index contributed by atoms with van der Waals surface area (Å²) in [4.78, 5) is 2.43. The fraction of sp³-hybridized carbons (Fsp3) is 1.00. The fourth-order valence-electron chi connectivity index (χ4n) is 2.70. The highest BCUT2D eigenvalue weighted by Crippen LogP contribution is 2.24. The van der Waals surface area contributed by atoms with Gasteiger partial charge in [-0.3, -0.25) is 4.90 Å². The van der Waals surface area contributed by atoms with Gasteiger partial charge in [-0.25, -0.2) is 12.7 Å². The van der Waals surface area contributed by atoms with Gasteiger partial charge in [-0.15, -0.1) is 0 Å². The Kier molecular flexibility index (Phi) is 5.21. The van der Waals surface area contributed by atoms with Gasteiger partial charge in [0.25, 0.3) is 0 Å². The van der Waals surface area contributed by atoms with Crippen molar-refractivity contribution >= 4 is 10.0 Å². The topological polar surface area (TPSA) is 40.6 Å². The predicted octanol–water partition coefficient (Wildman–Crippen LogP) is 1.78. The number of rotatable bonds is 3. The van der Waals surface area contributed by atoms with Crippen LogP contribution in [0.2, 0.25) is 0 Å². The van der Waals surface area contributed by atoms with Gasteiger partial charge in [0.15, 0.2) is 0 Å². The van der Waals surface area contributed by atoms with E-state index in [9.17, 15) is 8.42 Å². The average Bonchev–Trinajstić information content (AvgIpc) is 2.38. The minimum absolute atomic E-state index is 0.322. The van der Waals surface area contributed by atoms with Crippen molar-refractivity contribution in [2.45, 2.75) is 46.6 Å². The Morgan fingerprint density at radius 1 is 1.11 bits per heavy atom. The molecule has 0 amide bonds. The average molecular weight is 276 g/mol. The van der Waals surface area contributed by atoms with Gasteiger partial charge in [0, 0.05) is 25.7 Å². The van der Waals surface area contributed by atoms with Crippen molar-refractivity contribution in [2.24, 2.45) is 5.41 Å². The minimum Gasteiger partial charge on any atom is -0.299 e. The summed E-state index contributed by atoms with van der Waals surface area (Å²) >= 11 is 0. The van der Waals surface area contributed by atoms with E-state index in [4.69, 9.17) is 0 Å². The lowest BCUT2D eigenvalue weighted by Crippen LogP contribution is -2.39. The van der Waals surface area contributed by atoms with Gasteiger partial charge >= 0.3 is 0 Å². The Morgan fingerprint density at radius 3 is 2.22 bits per heavy atom. The van der Waals surface area contributed by atoms with Crippen LogP contribution >= 0.6 is 0 Å². The smallest absolute Gasteiger partial charge is 0.211 e. The third-order valence-electron chi connectivity index (χ3n) is 3.49. The lowest BCUT2D eigenvalue weighted by molar-refractivity contribution is 0.167. The van der Waals surface area contributed by atoms with E-state index in [1.54, 1.807) is 4.31 Å². The van der Waals surface area contributed by atoms with Crippen LogP contribution in [0, 0.1) is 5.41 Å². The highest BCUT2D eigenvalue weighted by Gasteiger charge is 2.25. The molecular formula is C13H28N2O2S. The first-order valence-corrected chi connectivity index (χ1v) is 8.63. The lowest BCUT2D eigenvalue weighted by Gasteiger charge is -2.32. The fourth-order valence-corrected chi connectivity index (χ4v) is 3.58. The molecule has 0 saturated carbocycles. The van der Waals surface area contributed by atoms with Crippen molar-refractivity contribution in [1.82, 2.24) is 9.21 Å². The summed E-state index contributed by atoms with van der Waals surface area (Å²) in [7, 11) is -3.03. The second kappa shape index (κ2) is 5.88. The van der Waals surface area contributed by atoms with E-state index in [1.807, 2.05) is 0 Å². The van der Waals surface area contributed by atoms with E-state index in [0.717, 1.165) is 25.9 Å². The van der Waals surface area contributed by atoms with Crippen LogP contribution in [-0.2, 0) is 10.0 Å². The largest absolute Gasteiger partial charge is 0.299 e. The molecule has 5 heteroatoms. The summed E-state index contributed by atoms with van der Waals surface area (Å²) in [5.41, 5.74) is 0.322. The third kappa shape index (κ3) is 5.24. The zero-order valence-corrected chi connectivity index (χ0v) is 13.3. The van der Waals surface area contributed by atoms with Crippen LogP contribution < -0.4 is 0 Å². The summed E-state index contributed by atoms with van der Waals surface area (Å²) in [5.74, 6) is 0. The highest BCUT2D eigenvalue weighted by atomic mass is 32.2. The summed E-state index contributed by atoms with van der Waals surface area (Å²) in [6.07, 6.45) is 3.38. The van der Waals surface area contributed by atoms with Gasteiger partial charge in [0.1, 0.15) is 0 Å². The molecule has 0 radical (unpaired) electrons. The van der Waals surface area contributed by atoms with Crippen LogP contribution in [0.3, 0.4) is 0 Å². The molecule has 18 heavy (non-hydrogen) atoms. The van der Waals surface area contributed by atoms with E-state index in [2.05, 4.69) is 32.6 Å². The van der Waals surface area contributed by atoms with Gasteiger partial charge < -0.3 is 0 Å². The number of nitrogens with zero attached hydrogens (tertiary/aromatic N) is 2. The summed E-state index contributed by atoms with van der Waals surface area (Å²) < 4.78 is 24.7. The Balaban J connectivity index is 2.57. The van der Waals surface area contributed by atoms with Crippen LogP contribution in [0.4, 0.5) is 0 Å². The molecule has 1 fully saturated rings. The molecule has 0 aliphatic carbocycles. The lowest BCUT2D eigenvalue weighted by atomic mass is 9.88. The molecule has 0 aromatic rings. The molecule has 0 bridgehead atoms. The van der Waals surface area contributed by atoms with E-state index >= 15 is 0 Å². The first kappa shape index (κ1) is 15.9. The zero-order chi connectivity index (χ0) is 14.0. The maximum Gasteiger partial charge on any atom is 0.211 e. The van der Waals surface area contributed by atoms with Gasteiger partial charge in [0.2, 0.25) is 10.0 Å². The zero-order valence-electron chi connectivity index (χ0n) is 12.4. The van der Waals surface area contributed by atoms with Crippen molar-refractivity contribution in [3.05, 3.63) is 0 Å². The first-order chi connectivity index (χ1) is 8.09. The second-order valence-electron chi connectivity index (χ2n) is 6.67. The van der Waals surface area contributed by atoms with Gasteiger partial charge in [-0.1, -0.05) is 20.8 Å². The van der Waals surface area contributed by atoms with Gasteiger partial charge in [-0.05, 0) is 31.7 Å². The van der Waals surface area contributed by atoms with Gasteiger partial charge in [-0.2, -0.15) is 0 Å². The Bertz CT molecular complexity index is 360. The van der Waals surface area contributed by atoms with Crippen molar-refractivity contribution in [3.8, 4) is 0 Å². The van der Waals surface area contributed by atoms with Crippen LogP contribution in [-0.4, -0.2) is 56.1 Å². The molecule has 1 heterocycles. The maximum absolute atomic E-state index is 11.6. The molecule has 1 unspecified atom stereocenters. The molecule has 1 aliphatic heterocycles. The molecule has 108 valence electrons. The van der Waals surface area contributed by atoms with Gasteiger partial charge in [0.05, 0.1) is 6.26 Å². The maximum atomic E-state index is 11.6. The molecule has 0 N–H and O–H groups in total. The minimum atomic E-state index is -3.03. The standard InChI is InChI=1S/C13H28N2O2S/c1-12(11-13(2,3)4)14-7-6-8-15(10-9-14)18(5,16)17/h12H,6-11H2,1-5H3. The predicted molar refractivity (Wildman–Crippen MR) is 76.1 cm³/mol. The Labute approximate surface area is 112 Å². The van der Waals surface area contributed by atoms with Crippen LogP contribution in [0.15, 0.2) is 0 Å². The normalized spacial score (nSPS) is 22.7. The Morgan fingerprint density at radius 2 is 1.72 bits per heavy atom. The first-order valence-electron chi connectivity index (χ1n) is 6.79. The number of hydrogen-bond donors (Lipinski definition) is 0. The van der Waals surface area contributed by atoms with Crippen LogP contribution in [0.25, 0.3) is 0 Å². The Hall–Kier alpha value is -0.130. The molecule has 0 aromatic carbocycles. The molecule has 1 rings (SSSR count). The molecule has 1 aliphatic rings. The summed E-state index contributed by atoms with van der Waals surface area (Å²) in [6, 6.07) is 0.518. The third-order valence-corrected chi connectivity index (χ3v) is 4.79. The van der Waals surface area contributed by atoms with E-state index in [-0.39, 0.29) is 0 Å². The van der Waals surface area contributed by atoms with Crippen molar-refractivity contribution in [3.63, 3.8) is 0 Å². The van der Waals surface area contributed by atoms with Crippen LogP contribution in [0.5, 0.6) is 0 Å². The van der Waals surface area contributed by atoms with E-state index in [0.29, 0.717) is 24.5 Å². The summed E-state index contributed by atoms with van der Waals surface area (Å²) in [6.45, 7) is 12.2. The van der Waals surface area contributed by atoms with E-state index < -0.39 is 10.0 Å². The quantitative estimate of drug-likeness (QED) is 0.789. The molecular weight excluding hydrogens is 248 g/mol. The number of hydrogen-bond acceptors (Lipinski definition) is 3.